The second kappa shape index (κ2) is 10.2. The summed E-state index contributed by atoms with van der Waals surface area (Å²) in [5.74, 6) is -0.677. The number of methoxy groups -OCH3 is 1. The van der Waals surface area contributed by atoms with E-state index in [2.05, 4.69) is 15.3 Å². The van der Waals surface area contributed by atoms with Gasteiger partial charge in [-0.15, -0.1) is 12.4 Å². The molecule has 0 saturated carbocycles. The number of carbonyl (C=O) groups excluding carboxylic acids is 1. The van der Waals surface area contributed by atoms with Crippen LogP contribution in [-0.4, -0.2) is 61.0 Å². The average molecular weight is 501 g/mol. The van der Waals surface area contributed by atoms with E-state index in [0.29, 0.717) is 19.0 Å². The summed E-state index contributed by atoms with van der Waals surface area (Å²) in [6.45, 7) is 0.423. The Kier molecular flexibility index (Phi) is 7.78. The zero-order valence-electron chi connectivity index (χ0n) is 17.7. The Morgan fingerprint density at radius 2 is 2.12 bits per heavy atom. The maximum atomic E-state index is 15.7. The van der Waals surface area contributed by atoms with Crippen molar-refractivity contribution in [1.82, 2.24) is 4.98 Å². The Balaban J connectivity index is 0.00000306. The minimum absolute atomic E-state index is 0. The van der Waals surface area contributed by atoms with Gasteiger partial charge in [0.05, 0.1) is 26.0 Å². The summed E-state index contributed by atoms with van der Waals surface area (Å²) in [6, 6.07) is 7.02. The first kappa shape index (κ1) is 25.2. The molecule has 2 atom stereocenters. The van der Waals surface area contributed by atoms with Crippen LogP contribution in [0.3, 0.4) is 0 Å². The number of carbonyl (C=O) groups is 1. The molecule has 0 radical (unpaired) electrons. The van der Waals surface area contributed by atoms with E-state index in [-0.39, 0.29) is 53.5 Å². The lowest BCUT2D eigenvalue weighted by molar-refractivity contribution is 0.102. The fraction of sp³-hybridized carbons (Fsp3) is 0.381. The number of anilines is 1. The van der Waals surface area contributed by atoms with Crippen molar-refractivity contribution in [2.45, 2.75) is 11.2 Å². The fourth-order valence-corrected chi connectivity index (χ4v) is 4.57. The number of alkyl halides is 1. The lowest BCUT2D eigenvalue weighted by Gasteiger charge is -2.38. The minimum atomic E-state index is -1.91. The maximum Gasteiger partial charge on any atom is 0.274 e. The van der Waals surface area contributed by atoms with Gasteiger partial charge in [0.15, 0.2) is 16.4 Å². The Bertz CT molecular complexity index is 1050. The zero-order chi connectivity index (χ0) is 22.8. The topological polar surface area (TPSA) is 108 Å². The number of halogens is 3. The Labute approximate surface area is 199 Å². The summed E-state index contributed by atoms with van der Waals surface area (Å²) in [4.78, 5) is 21.0. The quantitative estimate of drug-likeness (QED) is 0.563. The van der Waals surface area contributed by atoms with Gasteiger partial charge in [-0.25, -0.2) is 18.8 Å². The molecule has 1 aromatic carbocycles. The molecule has 2 unspecified atom stereocenters. The predicted octanol–water partition coefficient (Wildman–Crippen LogP) is 2.92. The number of amides is 1. The van der Waals surface area contributed by atoms with Crippen LogP contribution in [0.2, 0.25) is 0 Å². The first-order chi connectivity index (χ1) is 15.4. The van der Waals surface area contributed by atoms with Gasteiger partial charge in [0.1, 0.15) is 23.9 Å². The van der Waals surface area contributed by atoms with Gasteiger partial charge in [0, 0.05) is 24.1 Å². The summed E-state index contributed by atoms with van der Waals surface area (Å²) < 4.78 is 46.2. The number of nitrogens with zero attached hydrogens (tertiary/aromatic N) is 2. The van der Waals surface area contributed by atoms with E-state index < -0.39 is 22.9 Å². The summed E-state index contributed by atoms with van der Waals surface area (Å²) in [5.41, 5.74) is 2.70. The van der Waals surface area contributed by atoms with Crippen LogP contribution in [0.5, 0.6) is 5.75 Å². The molecular weight excluding hydrogens is 478 g/mol. The van der Waals surface area contributed by atoms with Crippen LogP contribution < -0.4 is 15.8 Å². The normalized spacial score (nSPS) is 23.8. The number of nitrogens with one attached hydrogen (secondary N) is 1. The molecule has 3 heterocycles. The standard InChI is InChI=1S/C21H22F2N4O4S.ClH/c1-29-6-7-31-14-3-5-17(25-9-14)18(28)26-13-2-4-16(22)15(8-13)21-11-30-10-20(21,23)12-32-19(24)27-21;/h2-5,8-9H,6-7,10-12H2,1H3,(H2,24,27)(H,26,28);1H. The molecule has 0 spiro atoms. The number of hydrogen-bond acceptors (Lipinski definition) is 8. The van der Waals surface area contributed by atoms with Gasteiger partial charge in [-0.05, 0) is 30.3 Å². The SMILES string of the molecule is COCCOc1ccc(C(=O)Nc2ccc(F)c(C34COCC3(F)CSC(N)=N4)c2)nc1.Cl. The van der Waals surface area contributed by atoms with E-state index >= 15 is 4.39 Å². The number of rotatable bonds is 7. The number of fused-ring (bicyclic) bond motifs is 1. The van der Waals surface area contributed by atoms with Gasteiger partial charge in [0.2, 0.25) is 0 Å². The number of nitrogens with two attached hydrogens (primary N) is 1. The number of ether oxygens (including phenoxy) is 3. The number of aliphatic imine (C=N–C) groups is 1. The van der Waals surface area contributed by atoms with E-state index in [1.54, 1.807) is 13.2 Å². The summed E-state index contributed by atoms with van der Waals surface area (Å²) in [6.07, 6.45) is 1.42. The van der Waals surface area contributed by atoms with Crippen molar-refractivity contribution in [2.75, 3.05) is 44.6 Å². The molecule has 3 N–H and O–H groups in total. The van der Waals surface area contributed by atoms with Crippen LogP contribution in [0, 0.1) is 5.82 Å². The van der Waals surface area contributed by atoms with Crippen molar-refractivity contribution in [1.29, 1.82) is 0 Å². The number of amidine groups is 1. The number of hydrogen-bond donors (Lipinski definition) is 2. The van der Waals surface area contributed by atoms with Gasteiger partial charge in [-0.3, -0.25) is 4.79 Å². The number of benzene rings is 1. The largest absolute Gasteiger partial charge is 0.490 e. The molecule has 1 fully saturated rings. The summed E-state index contributed by atoms with van der Waals surface area (Å²) >= 11 is 1.07. The predicted molar refractivity (Wildman–Crippen MR) is 124 cm³/mol. The van der Waals surface area contributed by atoms with Crippen LogP contribution in [0.15, 0.2) is 41.5 Å². The van der Waals surface area contributed by atoms with E-state index in [1.165, 1.54) is 24.4 Å². The van der Waals surface area contributed by atoms with Crippen LogP contribution in [-0.2, 0) is 15.0 Å². The summed E-state index contributed by atoms with van der Waals surface area (Å²) in [7, 11) is 1.57. The maximum absolute atomic E-state index is 15.7. The molecule has 178 valence electrons. The van der Waals surface area contributed by atoms with E-state index in [0.717, 1.165) is 17.8 Å². The third-order valence-corrected chi connectivity index (χ3v) is 6.32. The molecule has 33 heavy (non-hydrogen) atoms. The molecule has 0 bridgehead atoms. The highest BCUT2D eigenvalue weighted by atomic mass is 35.5. The van der Waals surface area contributed by atoms with Gasteiger partial charge >= 0.3 is 0 Å². The summed E-state index contributed by atoms with van der Waals surface area (Å²) in [5, 5.41) is 2.82. The molecule has 8 nitrogen and oxygen atoms in total. The Hall–Kier alpha value is -2.47. The molecule has 1 aromatic heterocycles. The molecule has 0 aliphatic carbocycles. The second-order valence-corrected chi connectivity index (χ2v) is 8.42. The highest BCUT2D eigenvalue weighted by Crippen LogP contribution is 2.50. The lowest BCUT2D eigenvalue weighted by Crippen LogP contribution is -2.52. The zero-order valence-corrected chi connectivity index (χ0v) is 19.3. The Morgan fingerprint density at radius 3 is 2.85 bits per heavy atom. The van der Waals surface area contributed by atoms with Crippen LogP contribution >= 0.6 is 24.2 Å². The van der Waals surface area contributed by atoms with Crippen molar-refractivity contribution < 1.29 is 27.8 Å². The first-order valence-electron chi connectivity index (χ1n) is 9.81. The van der Waals surface area contributed by atoms with Crippen molar-refractivity contribution in [3.8, 4) is 5.75 Å². The number of thioether (sulfide) groups is 1. The van der Waals surface area contributed by atoms with Gasteiger partial charge < -0.3 is 25.3 Å². The molecule has 1 amide bonds. The Morgan fingerprint density at radius 1 is 1.30 bits per heavy atom. The smallest absolute Gasteiger partial charge is 0.274 e. The second-order valence-electron chi connectivity index (χ2n) is 7.43. The van der Waals surface area contributed by atoms with Gasteiger partial charge in [-0.1, -0.05) is 11.8 Å². The molecular formula is C21H23ClF2N4O4S. The fourth-order valence-electron chi connectivity index (χ4n) is 3.65. The molecule has 1 saturated heterocycles. The lowest BCUT2D eigenvalue weighted by atomic mass is 9.79. The highest BCUT2D eigenvalue weighted by molar-refractivity contribution is 8.13. The highest BCUT2D eigenvalue weighted by Gasteiger charge is 2.61. The minimum Gasteiger partial charge on any atom is -0.490 e. The average Bonchev–Trinajstić information content (AvgIpc) is 3.13. The third-order valence-electron chi connectivity index (χ3n) is 5.33. The third kappa shape index (κ3) is 4.91. The van der Waals surface area contributed by atoms with Crippen LogP contribution in [0.1, 0.15) is 16.1 Å². The molecule has 2 aliphatic rings. The van der Waals surface area contributed by atoms with Gasteiger partial charge in [-0.2, -0.15) is 0 Å². The molecule has 4 rings (SSSR count). The molecule has 2 aliphatic heterocycles. The van der Waals surface area contributed by atoms with Crippen molar-refractivity contribution in [2.24, 2.45) is 10.7 Å². The van der Waals surface area contributed by atoms with Crippen molar-refractivity contribution in [3.05, 3.63) is 53.6 Å². The monoisotopic (exact) mass is 500 g/mol. The van der Waals surface area contributed by atoms with E-state index in [4.69, 9.17) is 19.9 Å². The number of pyridine rings is 1. The first-order valence-corrected chi connectivity index (χ1v) is 10.8. The van der Waals surface area contributed by atoms with Crippen molar-refractivity contribution >= 4 is 40.9 Å². The van der Waals surface area contributed by atoms with E-state index in [9.17, 15) is 9.18 Å². The number of aromatic nitrogens is 1. The van der Waals surface area contributed by atoms with Gasteiger partial charge in [0.25, 0.3) is 5.91 Å². The molecule has 2 aromatic rings. The molecule has 12 heteroatoms. The van der Waals surface area contributed by atoms with E-state index in [1.807, 2.05) is 0 Å². The van der Waals surface area contributed by atoms with Crippen LogP contribution in [0.25, 0.3) is 0 Å². The van der Waals surface area contributed by atoms with Crippen LogP contribution in [0.4, 0.5) is 14.5 Å². The van der Waals surface area contributed by atoms with Crippen molar-refractivity contribution in [3.63, 3.8) is 0 Å².